The SMILES string of the molecule is N#CC1(c2cc(NS(=O)(=O)c3cc(Br)ccc3O)c(O)c(C(N)=O)c2)CCC1. The Labute approximate surface area is 169 Å². The van der Waals surface area contributed by atoms with Gasteiger partial charge in [0.1, 0.15) is 10.6 Å². The molecule has 1 saturated carbocycles. The second-order valence-electron chi connectivity index (χ2n) is 6.55. The molecule has 1 aliphatic rings. The highest BCUT2D eigenvalue weighted by atomic mass is 79.9. The average molecular weight is 466 g/mol. The third-order valence-corrected chi connectivity index (χ3v) is 6.69. The van der Waals surface area contributed by atoms with Crippen molar-refractivity contribution in [3.8, 4) is 17.6 Å². The van der Waals surface area contributed by atoms with Crippen LogP contribution >= 0.6 is 15.9 Å². The van der Waals surface area contributed by atoms with E-state index in [2.05, 4.69) is 26.7 Å². The number of hydrogen-bond acceptors (Lipinski definition) is 6. The Hall–Kier alpha value is -2.77. The molecular formula is C18H16BrN3O5S. The molecular weight excluding hydrogens is 450 g/mol. The van der Waals surface area contributed by atoms with Crippen molar-refractivity contribution in [2.75, 3.05) is 4.72 Å². The fourth-order valence-corrected chi connectivity index (χ4v) is 4.77. The first-order valence-electron chi connectivity index (χ1n) is 8.19. The van der Waals surface area contributed by atoms with Crippen molar-refractivity contribution in [2.45, 2.75) is 29.6 Å². The molecule has 8 nitrogen and oxygen atoms in total. The van der Waals surface area contributed by atoms with Crippen LogP contribution in [0.25, 0.3) is 0 Å². The number of amides is 1. The van der Waals surface area contributed by atoms with Gasteiger partial charge in [-0.3, -0.25) is 9.52 Å². The van der Waals surface area contributed by atoms with Gasteiger partial charge < -0.3 is 15.9 Å². The molecule has 0 atom stereocenters. The van der Waals surface area contributed by atoms with Gasteiger partial charge >= 0.3 is 0 Å². The number of carbonyl (C=O) groups is 1. The Kier molecular flexibility index (Phi) is 4.99. The molecule has 0 heterocycles. The number of primary amides is 1. The number of nitrogens with zero attached hydrogens (tertiary/aromatic N) is 1. The minimum atomic E-state index is -4.31. The summed E-state index contributed by atoms with van der Waals surface area (Å²) in [6, 6.07) is 8.68. The molecule has 0 spiro atoms. The van der Waals surface area contributed by atoms with E-state index in [1.54, 1.807) is 0 Å². The molecule has 0 aromatic heterocycles. The average Bonchev–Trinajstić information content (AvgIpc) is 2.58. The summed E-state index contributed by atoms with van der Waals surface area (Å²) >= 11 is 3.13. The van der Waals surface area contributed by atoms with E-state index in [-0.39, 0.29) is 11.3 Å². The van der Waals surface area contributed by atoms with Crippen LogP contribution < -0.4 is 10.5 Å². The number of nitriles is 1. The molecule has 1 fully saturated rings. The van der Waals surface area contributed by atoms with Gasteiger partial charge in [-0.05, 0) is 55.2 Å². The number of rotatable bonds is 5. The third-order valence-electron chi connectivity index (χ3n) is 4.80. The van der Waals surface area contributed by atoms with E-state index in [4.69, 9.17) is 5.73 Å². The van der Waals surface area contributed by atoms with Crippen molar-refractivity contribution in [1.82, 2.24) is 0 Å². The van der Waals surface area contributed by atoms with Crippen LogP contribution in [-0.2, 0) is 15.4 Å². The second kappa shape index (κ2) is 7.00. The van der Waals surface area contributed by atoms with E-state index < -0.39 is 37.7 Å². The summed E-state index contributed by atoms with van der Waals surface area (Å²) in [5.41, 5.74) is 4.24. The lowest BCUT2D eigenvalue weighted by Gasteiger charge is -2.36. The molecule has 0 unspecified atom stereocenters. The summed E-state index contributed by atoms with van der Waals surface area (Å²) < 4.78 is 28.1. The third kappa shape index (κ3) is 3.39. The molecule has 28 heavy (non-hydrogen) atoms. The zero-order chi connectivity index (χ0) is 20.7. The first-order chi connectivity index (χ1) is 13.1. The number of sulfonamides is 1. The van der Waals surface area contributed by atoms with Crippen LogP contribution in [0.15, 0.2) is 39.7 Å². The number of nitrogens with two attached hydrogens (primary N) is 1. The highest BCUT2D eigenvalue weighted by molar-refractivity contribution is 9.10. The van der Waals surface area contributed by atoms with Crippen LogP contribution in [0.4, 0.5) is 5.69 Å². The minimum Gasteiger partial charge on any atom is -0.507 e. The normalized spacial score (nSPS) is 15.3. The van der Waals surface area contributed by atoms with E-state index in [0.29, 0.717) is 22.9 Å². The summed E-state index contributed by atoms with van der Waals surface area (Å²) in [7, 11) is -4.31. The van der Waals surface area contributed by atoms with Crippen LogP contribution in [0, 0.1) is 11.3 Å². The Balaban J connectivity index is 2.13. The van der Waals surface area contributed by atoms with Gasteiger partial charge in [0.05, 0.1) is 22.7 Å². The number of aromatic hydroxyl groups is 2. The predicted molar refractivity (Wildman–Crippen MR) is 104 cm³/mol. The van der Waals surface area contributed by atoms with Crippen molar-refractivity contribution in [3.63, 3.8) is 0 Å². The Morgan fingerprint density at radius 2 is 1.93 bits per heavy atom. The molecule has 2 aromatic rings. The van der Waals surface area contributed by atoms with E-state index in [1.807, 2.05) is 0 Å². The lowest BCUT2D eigenvalue weighted by Crippen LogP contribution is -2.33. The van der Waals surface area contributed by atoms with Crippen LogP contribution in [0.2, 0.25) is 0 Å². The largest absolute Gasteiger partial charge is 0.507 e. The van der Waals surface area contributed by atoms with E-state index in [1.165, 1.54) is 30.3 Å². The lowest BCUT2D eigenvalue weighted by atomic mass is 9.65. The molecule has 0 bridgehead atoms. The van der Waals surface area contributed by atoms with E-state index >= 15 is 0 Å². The van der Waals surface area contributed by atoms with E-state index in [9.17, 15) is 28.7 Å². The van der Waals surface area contributed by atoms with Crippen LogP contribution in [-0.4, -0.2) is 24.5 Å². The number of anilines is 1. The van der Waals surface area contributed by atoms with Gasteiger partial charge in [0.25, 0.3) is 15.9 Å². The summed E-state index contributed by atoms with van der Waals surface area (Å²) in [5.74, 6) is -2.10. The van der Waals surface area contributed by atoms with Crippen LogP contribution in [0.1, 0.15) is 35.2 Å². The van der Waals surface area contributed by atoms with Crippen LogP contribution in [0.3, 0.4) is 0 Å². The van der Waals surface area contributed by atoms with Gasteiger partial charge in [0.2, 0.25) is 0 Å². The van der Waals surface area contributed by atoms with Crippen molar-refractivity contribution < 1.29 is 23.4 Å². The molecule has 5 N–H and O–H groups in total. The zero-order valence-electron chi connectivity index (χ0n) is 14.4. The second-order valence-corrected chi connectivity index (χ2v) is 9.12. The predicted octanol–water partition coefficient (Wildman–Crippen LogP) is 2.71. The maximum absolute atomic E-state index is 12.7. The van der Waals surface area contributed by atoms with Crippen LogP contribution in [0.5, 0.6) is 11.5 Å². The van der Waals surface area contributed by atoms with Gasteiger partial charge in [-0.1, -0.05) is 15.9 Å². The number of halogens is 1. The van der Waals surface area contributed by atoms with Gasteiger partial charge in [-0.15, -0.1) is 0 Å². The van der Waals surface area contributed by atoms with E-state index in [0.717, 1.165) is 6.42 Å². The molecule has 2 aromatic carbocycles. The summed E-state index contributed by atoms with van der Waals surface area (Å²) in [6.45, 7) is 0. The highest BCUT2D eigenvalue weighted by Gasteiger charge is 2.40. The van der Waals surface area contributed by atoms with Crippen molar-refractivity contribution >= 4 is 37.5 Å². The summed E-state index contributed by atoms with van der Waals surface area (Å²) in [6.07, 6.45) is 1.91. The topological polar surface area (TPSA) is 154 Å². The Bertz CT molecular complexity index is 1120. The van der Waals surface area contributed by atoms with Crippen molar-refractivity contribution in [3.05, 3.63) is 45.9 Å². The standard InChI is InChI=1S/C18H16BrN3O5S/c19-11-2-3-14(23)15(8-11)28(26,27)22-13-7-10(18(9-20)4-1-5-18)6-12(16(13)24)17(21)25/h2-3,6-8,22-24H,1,4-5H2,(H2,21,25). The summed E-state index contributed by atoms with van der Waals surface area (Å²) in [5, 5.41) is 29.8. The molecule has 0 aliphatic heterocycles. The smallest absolute Gasteiger partial charge is 0.265 e. The molecule has 0 radical (unpaired) electrons. The molecule has 3 rings (SSSR count). The lowest BCUT2D eigenvalue weighted by molar-refractivity contribution is 0.0997. The fraction of sp³-hybridized carbons (Fsp3) is 0.222. The van der Waals surface area contributed by atoms with Gasteiger partial charge in [-0.2, -0.15) is 5.26 Å². The van der Waals surface area contributed by atoms with Gasteiger partial charge in [-0.25, -0.2) is 8.42 Å². The molecule has 0 saturated heterocycles. The number of phenols is 2. The molecule has 146 valence electrons. The zero-order valence-corrected chi connectivity index (χ0v) is 16.8. The summed E-state index contributed by atoms with van der Waals surface area (Å²) in [4.78, 5) is 11.3. The Morgan fingerprint density at radius 3 is 2.46 bits per heavy atom. The first kappa shape index (κ1) is 20.0. The number of phenolic OH excluding ortho intramolecular Hbond substituents is 1. The maximum Gasteiger partial charge on any atom is 0.265 e. The Morgan fingerprint density at radius 1 is 1.25 bits per heavy atom. The van der Waals surface area contributed by atoms with Gasteiger partial charge in [0, 0.05) is 4.47 Å². The highest BCUT2D eigenvalue weighted by Crippen LogP contribution is 2.46. The quantitative estimate of drug-likeness (QED) is 0.497. The number of hydrogen-bond donors (Lipinski definition) is 4. The number of carbonyl (C=O) groups excluding carboxylic acids is 1. The van der Waals surface area contributed by atoms with Gasteiger partial charge in [0.15, 0.2) is 5.75 Å². The molecule has 1 aliphatic carbocycles. The first-order valence-corrected chi connectivity index (χ1v) is 10.5. The minimum absolute atomic E-state index is 0.296. The number of benzene rings is 2. The van der Waals surface area contributed by atoms with Crippen molar-refractivity contribution in [1.29, 1.82) is 5.26 Å². The fourth-order valence-electron chi connectivity index (χ4n) is 3.07. The molecule has 10 heteroatoms. The maximum atomic E-state index is 12.7. The van der Waals surface area contributed by atoms with Crippen molar-refractivity contribution in [2.24, 2.45) is 5.73 Å². The molecule has 1 amide bonds. The number of nitrogens with one attached hydrogen (secondary N) is 1. The monoisotopic (exact) mass is 465 g/mol.